The van der Waals surface area contributed by atoms with Gasteiger partial charge in [-0.25, -0.2) is 4.39 Å². The van der Waals surface area contributed by atoms with Crippen molar-refractivity contribution < 1.29 is 13.9 Å². The quantitative estimate of drug-likeness (QED) is 0.401. The Hall–Kier alpha value is -2.76. The maximum Gasteiger partial charge on any atom is 0.191 e. The van der Waals surface area contributed by atoms with Gasteiger partial charge in [-0.15, -0.1) is 0 Å². The van der Waals surface area contributed by atoms with Gasteiger partial charge in [0.1, 0.15) is 5.82 Å². The molecule has 146 valence electrons. The van der Waals surface area contributed by atoms with Crippen molar-refractivity contribution in [3.63, 3.8) is 0 Å². The average molecular weight is 373 g/mol. The van der Waals surface area contributed by atoms with Crippen LogP contribution in [0.25, 0.3) is 0 Å². The third-order valence-electron chi connectivity index (χ3n) is 4.04. The predicted octanol–water partition coefficient (Wildman–Crippen LogP) is 3.53. The van der Waals surface area contributed by atoms with Gasteiger partial charge in [-0.2, -0.15) is 0 Å². The van der Waals surface area contributed by atoms with E-state index in [4.69, 9.17) is 9.47 Å². The third kappa shape index (κ3) is 6.81. The minimum Gasteiger partial charge on any atom is -0.493 e. The van der Waals surface area contributed by atoms with E-state index in [1.54, 1.807) is 20.2 Å². The summed E-state index contributed by atoms with van der Waals surface area (Å²) >= 11 is 0. The van der Waals surface area contributed by atoms with Crippen molar-refractivity contribution in [3.05, 3.63) is 59.4 Å². The van der Waals surface area contributed by atoms with Crippen LogP contribution in [0, 0.1) is 5.82 Å². The van der Waals surface area contributed by atoms with Gasteiger partial charge in [-0.3, -0.25) is 4.99 Å². The smallest absolute Gasteiger partial charge is 0.191 e. The Labute approximate surface area is 160 Å². The first kappa shape index (κ1) is 20.6. The Kier molecular flexibility index (Phi) is 8.42. The average Bonchev–Trinajstić information content (AvgIpc) is 2.68. The van der Waals surface area contributed by atoms with Crippen LogP contribution >= 0.6 is 0 Å². The van der Waals surface area contributed by atoms with E-state index >= 15 is 0 Å². The van der Waals surface area contributed by atoms with Gasteiger partial charge >= 0.3 is 0 Å². The van der Waals surface area contributed by atoms with Gasteiger partial charge in [0.15, 0.2) is 17.5 Å². The molecule has 0 fully saturated rings. The van der Waals surface area contributed by atoms with Gasteiger partial charge in [0.25, 0.3) is 0 Å². The zero-order valence-corrected chi connectivity index (χ0v) is 16.2. The maximum atomic E-state index is 13.2. The predicted molar refractivity (Wildman–Crippen MR) is 107 cm³/mol. The van der Waals surface area contributed by atoms with Crippen LogP contribution in [0.1, 0.15) is 24.5 Å². The maximum absolute atomic E-state index is 13.2. The normalized spacial score (nSPS) is 11.2. The number of ether oxygens (including phenoxy) is 2. The first-order chi connectivity index (χ1) is 13.2. The highest BCUT2D eigenvalue weighted by Crippen LogP contribution is 2.28. The fourth-order valence-electron chi connectivity index (χ4n) is 2.70. The summed E-state index contributed by atoms with van der Waals surface area (Å²) in [5, 5.41) is 6.46. The molecule has 0 atom stereocenters. The van der Waals surface area contributed by atoms with Crippen molar-refractivity contribution in [2.75, 3.05) is 27.3 Å². The van der Waals surface area contributed by atoms with Gasteiger partial charge < -0.3 is 20.1 Å². The van der Waals surface area contributed by atoms with E-state index in [0.29, 0.717) is 19.1 Å². The molecule has 0 amide bonds. The van der Waals surface area contributed by atoms with Gasteiger partial charge in [-0.05, 0) is 55.2 Å². The first-order valence-electron chi connectivity index (χ1n) is 9.15. The van der Waals surface area contributed by atoms with Gasteiger partial charge in [0.2, 0.25) is 0 Å². The zero-order valence-electron chi connectivity index (χ0n) is 16.2. The fraction of sp³-hybridized carbons (Fsp3) is 0.381. The Morgan fingerprint density at radius 2 is 1.93 bits per heavy atom. The minimum absolute atomic E-state index is 0.233. The molecule has 27 heavy (non-hydrogen) atoms. The first-order valence-corrected chi connectivity index (χ1v) is 9.15. The molecule has 2 aromatic rings. The topological polar surface area (TPSA) is 54.9 Å². The van der Waals surface area contributed by atoms with Crippen LogP contribution in [0.2, 0.25) is 0 Å². The lowest BCUT2D eigenvalue weighted by Gasteiger charge is -2.13. The number of nitrogens with one attached hydrogen (secondary N) is 2. The molecule has 0 saturated carbocycles. The van der Waals surface area contributed by atoms with E-state index in [-0.39, 0.29) is 5.82 Å². The number of guanidine groups is 1. The monoisotopic (exact) mass is 373 g/mol. The minimum atomic E-state index is -0.233. The molecule has 0 aromatic heterocycles. The van der Waals surface area contributed by atoms with E-state index in [2.05, 4.69) is 21.7 Å². The van der Waals surface area contributed by atoms with E-state index in [0.717, 1.165) is 36.4 Å². The van der Waals surface area contributed by atoms with Gasteiger partial charge in [0, 0.05) is 20.1 Å². The van der Waals surface area contributed by atoms with Crippen LogP contribution < -0.4 is 20.1 Å². The van der Waals surface area contributed by atoms with Crippen molar-refractivity contribution in [2.45, 2.75) is 26.3 Å². The molecule has 0 aliphatic rings. The Morgan fingerprint density at radius 1 is 1.07 bits per heavy atom. The number of methoxy groups -OCH3 is 1. The second kappa shape index (κ2) is 11.1. The molecule has 0 aliphatic heterocycles. The second-order valence-corrected chi connectivity index (χ2v) is 6.00. The van der Waals surface area contributed by atoms with Crippen LogP contribution in [-0.4, -0.2) is 33.3 Å². The van der Waals surface area contributed by atoms with E-state index < -0.39 is 0 Å². The molecule has 0 unspecified atom stereocenters. The van der Waals surface area contributed by atoms with Crippen molar-refractivity contribution in [2.24, 2.45) is 4.99 Å². The van der Waals surface area contributed by atoms with Crippen LogP contribution in [0.3, 0.4) is 0 Å². The van der Waals surface area contributed by atoms with Crippen molar-refractivity contribution in [1.29, 1.82) is 0 Å². The summed E-state index contributed by atoms with van der Waals surface area (Å²) in [5.74, 6) is 1.99. The van der Waals surface area contributed by atoms with E-state index in [1.807, 2.05) is 25.1 Å². The van der Waals surface area contributed by atoms with Crippen LogP contribution in [0.5, 0.6) is 11.5 Å². The van der Waals surface area contributed by atoms with Crippen LogP contribution in [0.4, 0.5) is 4.39 Å². The SMILES string of the molecule is CCOc1cc(CCCNC(=NC)NCc2cccc(F)c2)ccc1OC. The second-order valence-electron chi connectivity index (χ2n) is 6.00. The van der Waals surface area contributed by atoms with Crippen molar-refractivity contribution >= 4 is 5.96 Å². The molecule has 2 N–H and O–H groups in total. The highest BCUT2D eigenvalue weighted by Gasteiger charge is 2.05. The summed E-state index contributed by atoms with van der Waals surface area (Å²) < 4.78 is 24.1. The number of benzene rings is 2. The summed E-state index contributed by atoms with van der Waals surface area (Å²) in [6.07, 6.45) is 1.86. The molecule has 0 bridgehead atoms. The lowest BCUT2D eigenvalue weighted by atomic mass is 10.1. The van der Waals surface area contributed by atoms with E-state index in [9.17, 15) is 4.39 Å². The molecule has 5 nitrogen and oxygen atoms in total. The number of hydrogen-bond donors (Lipinski definition) is 2. The van der Waals surface area contributed by atoms with Crippen molar-refractivity contribution in [1.82, 2.24) is 10.6 Å². The molecule has 2 rings (SSSR count). The highest BCUT2D eigenvalue weighted by atomic mass is 19.1. The third-order valence-corrected chi connectivity index (χ3v) is 4.04. The molecular weight excluding hydrogens is 345 g/mol. The lowest BCUT2D eigenvalue weighted by Crippen LogP contribution is -2.37. The summed E-state index contributed by atoms with van der Waals surface area (Å²) in [7, 11) is 3.36. The number of rotatable bonds is 9. The molecule has 0 saturated heterocycles. The summed E-state index contributed by atoms with van der Waals surface area (Å²) in [5.41, 5.74) is 2.07. The highest BCUT2D eigenvalue weighted by molar-refractivity contribution is 5.79. The molecule has 6 heteroatoms. The molecule has 0 radical (unpaired) electrons. The molecular formula is C21H28FN3O2. The summed E-state index contributed by atoms with van der Waals surface area (Å²) in [4.78, 5) is 4.20. The lowest BCUT2D eigenvalue weighted by molar-refractivity contribution is 0.310. The fourth-order valence-corrected chi connectivity index (χ4v) is 2.70. The van der Waals surface area contributed by atoms with E-state index in [1.165, 1.54) is 17.7 Å². The molecule has 2 aromatic carbocycles. The number of aryl methyl sites for hydroxylation is 1. The summed E-state index contributed by atoms with van der Waals surface area (Å²) in [6, 6.07) is 12.6. The van der Waals surface area contributed by atoms with Crippen LogP contribution in [-0.2, 0) is 13.0 Å². The zero-order chi connectivity index (χ0) is 19.5. The number of halogens is 1. The van der Waals surface area contributed by atoms with Crippen molar-refractivity contribution in [3.8, 4) is 11.5 Å². The molecule has 0 aliphatic carbocycles. The number of nitrogens with zero attached hydrogens (tertiary/aromatic N) is 1. The Morgan fingerprint density at radius 3 is 2.63 bits per heavy atom. The molecule has 0 heterocycles. The largest absolute Gasteiger partial charge is 0.493 e. The number of hydrogen-bond acceptors (Lipinski definition) is 3. The standard InChI is InChI=1S/C21H28FN3O2/c1-4-27-20-14-16(10-11-19(20)26-3)8-6-12-24-21(23-2)25-15-17-7-5-9-18(22)13-17/h5,7,9-11,13-14H,4,6,8,12,15H2,1-3H3,(H2,23,24,25). The van der Waals surface area contributed by atoms with Gasteiger partial charge in [0.05, 0.1) is 13.7 Å². The Bertz CT molecular complexity index is 750. The summed E-state index contributed by atoms with van der Waals surface area (Å²) in [6.45, 7) is 3.86. The number of aliphatic imine (C=N–C) groups is 1. The van der Waals surface area contributed by atoms with Gasteiger partial charge in [-0.1, -0.05) is 18.2 Å². The Balaban J connectivity index is 1.77. The molecule has 0 spiro atoms. The van der Waals surface area contributed by atoms with Crippen LogP contribution in [0.15, 0.2) is 47.5 Å².